The minimum absolute atomic E-state index is 0.0333. The second kappa shape index (κ2) is 4.83. The largest absolute Gasteiger partial charge is 0.480 e. The van der Waals surface area contributed by atoms with Crippen LogP contribution in [-0.4, -0.2) is 24.7 Å². The molecule has 0 saturated carbocycles. The number of hydrogen-bond donors (Lipinski definition) is 1. The number of carboxylic acids is 1. The first kappa shape index (κ1) is 13.6. The van der Waals surface area contributed by atoms with Gasteiger partial charge in [0.15, 0.2) is 15.1 Å². The van der Waals surface area contributed by atoms with Gasteiger partial charge in [-0.15, -0.1) is 0 Å². The van der Waals surface area contributed by atoms with Crippen molar-refractivity contribution in [3.8, 4) is 0 Å². The number of halogens is 1. The van der Waals surface area contributed by atoms with Crippen LogP contribution in [0.2, 0.25) is 0 Å². The van der Waals surface area contributed by atoms with E-state index < -0.39 is 26.9 Å². The molecule has 0 spiro atoms. The maximum atomic E-state index is 12.9. The Kier molecular flexibility index (Phi) is 3.87. The summed E-state index contributed by atoms with van der Waals surface area (Å²) in [7, 11) is -3.96. The molecule has 6 heteroatoms. The van der Waals surface area contributed by atoms with Crippen LogP contribution in [0.5, 0.6) is 0 Å². The number of aliphatic carboxylic acids is 1. The molecule has 4 nitrogen and oxygen atoms in total. The lowest BCUT2D eigenvalue weighted by molar-refractivity contribution is -0.136. The van der Waals surface area contributed by atoms with Crippen LogP contribution in [0.15, 0.2) is 23.1 Å². The van der Waals surface area contributed by atoms with Crippen molar-refractivity contribution in [3.63, 3.8) is 0 Å². The van der Waals surface area contributed by atoms with E-state index in [1.807, 2.05) is 0 Å². The van der Waals surface area contributed by atoms with Crippen molar-refractivity contribution in [2.45, 2.75) is 30.4 Å². The summed E-state index contributed by atoms with van der Waals surface area (Å²) < 4.78 is 36.9. The van der Waals surface area contributed by atoms with Crippen molar-refractivity contribution in [2.24, 2.45) is 0 Å². The summed E-state index contributed by atoms with van der Waals surface area (Å²) in [5, 5.41) is 7.37. The molecule has 94 valence electrons. The monoisotopic (exact) mass is 260 g/mol. The van der Waals surface area contributed by atoms with Crippen molar-refractivity contribution in [3.05, 3.63) is 29.6 Å². The van der Waals surface area contributed by atoms with E-state index in [9.17, 15) is 17.6 Å². The predicted molar refractivity (Wildman–Crippen MR) is 60.0 cm³/mol. The number of sulfone groups is 1. The van der Waals surface area contributed by atoms with E-state index >= 15 is 0 Å². The van der Waals surface area contributed by atoms with E-state index in [0.717, 1.165) is 18.2 Å². The Balaban J connectivity index is 3.35. The van der Waals surface area contributed by atoms with E-state index in [4.69, 9.17) is 5.11 Å². The Morgan fingerprint density at radius 2 is 2.06 bits per heavy atom. The molecule has 0 bridgehead atoms. The van der Waals surface area contributed by atoms with Crippen molar-refractivity contribution in [1.82, 2.24) is 0 Å². The highest BCUT2D eigenvalue weighted by Gasteiger charge is 2.33. The highest BCUT2D eigenvalue weighted by atomic mass is 32.2. The number of carboxylic acid groups (broad SMARTS) is 1. The molecule has 0 aliphatic rings. The van der Waals surface area contributed by atoms with Gasteiger partial charge in [-0.3, -0.25) is 4.79 Å². The van der Waals surface area contributed by atoms with E-state index in [0.29, 0.717) is 0 Å². The van der Waals surface area contributed by atoms with Crippen LogP contribution in [0.3, 0.4) is 0 Å². The fraction of sp³-hybridized carbons (Fsp3) is 0.364. The Labute approximate surface area is 99.0 Å². The zero-order valence-electron chi connectivity index (χ0n) is 9.47. The van der Waals surface area contributed by atoms with Gasteiger partial charge in [0.1, 0.15) is 5.82 Å². The van der Waals surface area contributed by atoms with Crippen molar-refractivity contribution in [1.29, 1.82) is 0 Å². The van der Waals surface area contributed by atoms with Gasteiger partial charge < -0.3 is 5.11 Å². The van der Waals surface area contributed by atoms with Crippen LogP contribution in [-0.2, 0) is 14.6 Å². The van der Waals surface area contributed by atoms with Crippen LogP contribution >= 0.6 is 0 Å². The molecule has 0 saturated heterocycles. The Morgan fingerprint density at radius 1 is 1.47 bits per heavy atom. The molecule has 1 rings (SSSR count). The van der Waals surface area contributed by atoms with E-state index in [1.54, 1.807) is 0 Å². The lowest BCUT2D eigenvalue weighted by Crippen LogP contribution is -2.30. The summed E-state index contributed by atoms with van der Waals surface area (Å²) in [6, 6.07) is 3.18. The molecule has 0 fully saturated rings. The first-order valence-corrected chi connectivity index (χ1v) is 6.58. The third kappa shape index (κ3) is 2.63. The normalized spacial score (nSPS) is 13.4. The quantitative estimate of drug-likeness (QED) is 0.837. The zero-order valence-corrected chi connectivity index (χ0v) is 10.3. The molecule has 1 unspecified atom stereocenters. The summed E-state index contributed by atoms with van der Waals surface area (Å²) >= 11 is 0. The summed E-state index contributed by atoms with van der Waals surface area (Å²) in [6.07, 6.45) is -0.0333. The fourth-order valence-electron chi connectivity index (χ4n) is 1.61. The molecule has 0 aliphatic heterocycles. The minimum atomic E-state index is -3.96. The molecule has 0 radical (unpaired) electrons. The molecule has 0 amide bonds. The van der Waals surface area contributed by atoms with Gasteiger partial charge in [0.05, 0.1) is 4.90 Å². The van der Waals surface area contributed by atoms with Gasteiger partial charge >= 0.3 is 5.97 Å². The molecule has 0 aromatic heterocycles. The average Bonchev–Trinajstić information content (AvgIpc) is 2.16. The van der Waals surface area contributed by atoms with Crippen LogP contribution < -0.4 is 0 Å². The number of benzene rings is 1. The highest BCUT2D eigenvalue weighted by molar-refractivity contribution is 7.92. The number of aryl methyl sites for hydroxylation is 1. The Bertz CT molecular complexity index is 536. The van der Waals surface area contributed by atoms with Crippen molar-refractivity contribution in [2.75, 3.05) is 0 Å². The van der Waals surface area contributed by atoms with Gasteiger partial charge in [-0.05, 0) is 37.1 Å². The van der Waals surface area contributed by atoms with Crippen LogP contribution in [0.4, 0.5) is 4.39 Å². The maximum absolute atomic E-state index is 12.9. The van der Waals surface area contributed by atoms with Gasteiger partial charge in [0.2, 0.25) is 0 Å². The highest BCUT2D eigenvalue weighted by Crippen LogP contribution is 2.22. The summed E-state index contributed by atoms with van der Waals surface area (Å²) in [5.74, 6) is -1.94. The van der Waals surface area contributed by atoms with Gasteiger partial charge in [-0.2, -0.15) is 0 Å². The van der Waals surface area contributed by atoms with E-state index in [-0.39, 0.29) is 16.9 Å². The smallest absolute Gasteiger partial charge is 0.322 e. The standard InChI is InChI=1S/C11H13FO4S/c1-3-9(11(13)14)17(15,16)10-5-4-8(12)6-7(10)2/h4-6,9H,3H2,1-2H3,(H,13,14). The Hall–Kier alpha value is -1.43. The second-order valence-corrected chi connectivity index (χ2v) is 5.79. The molecule has 0 heterocycles. The molecule has 0 aliphatic carbocycles. The van der Waals surface area contributed by atoms with Gasteiger partial charge in [0.25, 0.3) is 0 Å². The number of hydrogen-bond acceptors (Lipinski definition) is 3. The Morgan fingerprint density at radius 3 is 2.47 bits per heavy atom. The van der Waals surface area contributed by atoms with Crippen molar-refractivity contribution < 1.29 is 22.7 Å². The molecule has 1 atom stereocenters. The SMILES string of the molecule is CCC(C(=O)O)S(=O)(=O)c1ccc(F)cc1C. The topological polar surface area (TPSA) is 71.4 Å². The fourth-order valence-corrected chi connectivity index (χ4v) is 3.39. The summed E-state index contributed by atoms with van der Waals surface area (Å²) in [4.78, 5) is 10.7. The van der Waals surface area contributed by atoms with Gasteiger partial charge in [-0.1, -0.05) is 6.92 Å². The van der Waals surface area contributed by atoms with Crippen molar-refractivity contribution >= 4 is 15.8 Å². The number of rotatable bonds is 4. The van der Waals surface area contributed by atoms with Crippen LogP contribution in [0.1, 0.15) is 18.9 Å². The molecule has 17 heavy (non-hydrogen) atoms. The molecule has 1 aromatic carbocycles. The first-order chi connectivity index (χ1) is 7.80. The molecule has 1 aromatic rings. The molecular weight excluding hydrogens is 247 g/mol. The molecule has 1 N–H and O–H groups in total. The number of carbonyl (C=O) groups is 1. The van der Waals surface area contributed by atoms with Crippen LogP contribution in [0, 0.1) is 12.7 Å². The second-order valence-electron chi connectivity index (χ2n) is 3.69. The van der Waals surface area contributed by atoms with E-state index in [1.165, 1.54) is 13.8 Å². The van der Waals surface area contributed by atoms with E-state index in [2.05, 4.69) is 0 Å². The lowest BCUT2D eigenvalue weighted by Gasteiger charge is -2.13. The van der Waals surface area contributed by atoms with Gasteiger partial charge in [-0.25, -0.2) is 12.8 Å². The predicted octanol–water partition coefficient (Wildman–Crippen LogP) is 1.77. The summed E-state index contributed by atoms with van der Waals surface area (Å²) in [6.45, 7) is 2.92. The molecular formula is C11H13FO4S. The third-order valence-corrected chi connectivity index (χ3v) is 4.82. The summed E-state index contributed by atoms with van der Waals surface area (Å²) in [5.41, 5.74) is 0.213. The minimum Gasteiger partial charge on any atom is -0.480 e. The van der Waals surface area contributed by atoms with Gasteiger partial charge in [0, 0.05) is 0 Å². The average molecular weight is 260 g/mol. The zero-order chi connectivity index (χ0) is 13.2. The van der Waals surface area contributed by atoms with Crippen LogP contribution in [0.25, 0.3) is 0 Å². The lowest BCUT2D eigenvalue weighted by atomic mass is 10.2. The first-order valence-electron chi connectivity index (χ1n) is 5.03. The third-order valence-electron chi connectivity index (χ3n) is 2.46. The maximum Gasteiger partial charge on any atom is 0.322 e.